The van der Waals surface area contributed by atoms with Gasteiger partial charge in [0.1, 0.15) is 0 Å². The molecule has 7 heteroatoms. The Bertz CT molecular complexity index is 602. The van der Waals surface area contributed by atoms with Crippen LogP contribution >= 0.6 is 11.8 Å². The zero-order valence-electron chi connectivity index (χ0n) is 16.2. The van der Waals surface area contributed by atoms with Crippen LogP contribution in [-0.2, 0) is 6.54 Å². The van der Waals surface area contributed by atoms with Crippen LogP contribution in [0, 0.1) is 0 Å². The second kappa shape index (κ2) is 10.3. The minimum atomic E-state index is -0.181. The topological polar surface area (TPSA) is 68.8 Å². The molecule has 0 aliphatic carbocycles. The molecule has 6 nitrogen and oxygen atoms in total. The van der Waals surface area contributed by atoms with E-state index in [1.54, 1.807) is 0 Å². The molecular weight excluding hydrogens is 346 g/mol. The highest BCUT2D eigenvalue weighted by molar-refractivity contribution is 8.00. The van der Waals surface area contributed by atoms with Gasteiger partial charge < -0.3 is 20.9 Å². The summed E-state index contributed by atoms with van der Waals surface area (Å²) in [5.74, 6) is 2.11. The summed E-state index contributed by atoms with van der Waals surface area (Å²) in [6.07, 6.45) is 1.19. The fraction of sp³-hybridized carbons (Fsp3) is 0.579. The standard InChI is InChI=1S/C19H31N5OS/c1-5-17-13-24(10-11-26-17)18(20-4)21-12-15-6-8-16(9-7-15)23-19(25)22-14(2)3/h6-9,14,17H,5,10-13H2,1-4H3,(H,20,21)(H2,22,23,25). The summed E-state index contributed by atoms with van der Waals surface area (Å²) in [6, 6.07) is 7.82. The molecular formula is C19H31N5OS. The summed E-state index contributed by atoms with van der Waals surface area (Å²) < 4.78 is 0. The van der Waals surface area contributed by atoms with E-state index in [1.165, 1.54) is 6.42 Å². The molecule has 1 unspecified atom stereocenters. The third-order valence-corrected chi connectivity index (χ3v) is 5.56. The van der Waals surface area contributed by atoms with Gasteiger partial charge in [-0.1, -0.05) is 19.1 Å². The maximum atomic E-state index is 11.7. The van der Waals surface area contributed by atoms with Crippen LogP contribution in [-0.4, -0.2) is 54.1 Å². The first-order valence-electron chi connectivity index (χ1n) is 9.25. The van der Waals surface area contributed by atoms with Crippen molar-refractivity contribution in [2.24, 2.45) is 4.99 Å². The van der Waals surface area contributed by atoms with E-state index >= 15 is 0 Å². The average Bonchev–Trinajstić information content (AvgIpc) is 2.63. The molecule has 26 heavy (non-hydrogen) atoms. The predicted octanol–water partition coefficient (Wildman–Crippen LogP) is 3.12. The van der Waals surface area contributed by atoms with Gasteiger partial charge in [0.05, 0.1) is 0 Å². The molecule has 0 saturated carbocycles. The number of urea groups is 1. The van der Waals surface area contributed by atoms with E-state index < -0.39 is 0 Å². The Hall–Kier alpha value is -1.89. The molecule has 0 bridgehead atoms. The molecule has 3 N–H and O–H groups in total. The molecule has 1 saturated heterocycles. The van der Waals surface area contributed by atoms with Gasteiger partial charge in [0.25, 0.3) is 0 Å². The highest BCUT2D eigenvalue weighted by Gasteiger charge is 2.21. The van der Waals surface area contributed by atoms with Gasteiger partial charge in [0, 0.05) is 49.4 Å². The molecule has 1 aromatic rings. The number of hydrogen-bond donors (Lipinski definition) is 3. The minimum Gasteiger partial charge on any atom is -0.352 e. The lowest BCUT2D eigenvalue weighted by atomic mass is 10.2. The number of benzene rings is 1. The molecule has 1 aliphatic rings. The van der Waals surface area contributed by atoms with Gasteiger partial charge in [-0.15, -0.1) is 0 Å². The molecule has 0 aromatic heterocycles. The number of nitrogens with one attached hydrogen (secondary N) is 3. The van der Waals surface area contributed by atoms with Crippen molar-refractivity contribution in [3.05, 3.63) is 29.8 Å². The second-order valence-electron chi connectivity index (χ2n) is 6.70. The molecule has 1 fully saturated rings. The lowest BCUT2D eigenvalue weighted by molar-refractivity contribution is 0.250. The zero-order chi connectivity index (χ0) is 18.9. The second-order valence-corrected chi connectivity index (χ2v) is 8.11. The van der Waals surface area contributed by atoms with Crippen molar-refractivity contribution in [1.82, 2.24) is 15.5 Å². The number of carbonyl (C=O) groups is 1. The van der Waals surface area contributed by atoms with E-state index in [1.807, 2.05) is 45.2 Å². The quantitative estimate of drug-likeness (QED) is 0.545. The minimum absolute atomic E-state index is 0.116. The summed E-state index contributed by atoms with van der Waals surface area (Å²) in [4.78, 5) is 18.5. The summed E-state index contributed by atoms with van der Waals surface area (Å²) in [5.41, 5.74) is 1.94. The number of thioether (sulfide) groups is 1. The van der Waals surface area contributed by atoms with Crippen LogP contribution in [0.3, 0.4) is 0 Å². The third-order valence-electron chi connectivity index (χ3n) is 4.19. The fourth-order valence-corrected chi connectivity index (χ4v) is 3.99. The van der Waals surface area contributed by atoms with Crippen LogP contribution in [0.15, 0.2) is 29.3 Å². The summed E-state index contributed by atoms with van der Waals surface area (Å²) in [6.45, 7) is 8.92. The number of rotatable bonds is 5. The molecule has 2 amide bonds. The maximum Gasteiger partial charge on any atom is 0.319 e. The Morgan fingerprint density at radius 2 is 2.08 bits per heavy atom. The Morgan fingerprint density at radius 3 is 2.69 bits per heavy atom. The van der Waals surface area contributed by atoms with Crippen molar-refractivity contribution < 1.29 is 4.79 Å². The van der Waals surface area contributed by atoms with Crippen molar-refractivity contribution in [1.29, 1.82) is 0 Å². The molecule has 1 heterocycles. The van der Waals surface area contributed by atoms with Crippen LogP contribution in [0.5, 0.6) is 0 Å². The molecule has 1 aliphatic heterocycles. The van der Waals surface area contributed by atoms with E-state index in [9.17, 15) is 4.79 Å². The number of hydrogen-bond acceptors (Lipinski definition) is 3. The van der Waals surface area contributed by atoms with Crippen molar-refractivity contribution in [3.63, 3.8) is 0 Å². The summed E-state index contributed by atoms with van der Waals surface area (Å²) in [7, 11) is 1.84. The Balaban J connectivity index is 1.85. The van der Waals surface area contributed by atoms with Crippen LogP contribution in [0.1, 0.15) is 32.8 Å². The normalized spacial score (nSPS) is 18.0. The molecule has 144 valence electrons. The SMILES string of the molecule is CCC1CN(C(=NC)NCc2ccc(NC(=O)NC(C)C)cc2)CCS1. The largest absolute Gasteiger partial charge is 0.352 e. The number of amides is 2. The van der Waals surface area contributed by atoms with Crippen LogP contribution in [0.2, 0.25) is 0 Å². The lowest BCUT2D eigenvalue weighted by Gasteiger charge is -2.34. The van der Waals surface area contributed by atoms with Gasteiger partial charge in [-0.05, 0) is 38.0 Å². The lowest BCUT2D eigenvalue weighted by Crippen LogP contribution is -2.47. The maximum absolute atomic E-state index is 11.7. The molecule has 0 radical (unpaired) electrons. The van der Waals surface area contributed by atoms with Crippen molar-refractivity contribution in [2.75, 3.05) is 31.2 Å². The molecule has 0 spiro atoms. The summed E-state index contributed by atoms with van der Waals surface area (Å²) >= 11 is 2.06. The predicted molar refractivity (Wildman–Crippen MR) is 112 cm³/mol. The first kappa shape index (κ1) is 20.4. The van der Waals surface area contributed by atoms with Gasteiger partial charge in [-0.25, -0.2) is 4.79 Å². The van der Waals surface area contributed by atoms with Gasteiger partial charge >= 0.3 is 6.03 Å². The smallest absolute Gasteiger partial charge is 0.319 e. The number of carbonyl (C=O) groups excluding carboxylic acids is 1. The van der Waals surface area contributed by atoms with E-state index in [2.05, 4.69) is 44.5 Å². The van der Waals surface area contributed by atoms with E-state index in [4.69, 9.17) is 0 Å². The highest BCUT2D eigenvalue weighted by atomic mass is 32.2. The first-order chi connectivity index (χ1) is 12.5. The monoisotopic (exact) mass is 377 g/mol. The molecule has 1 aromatic carbocycles. The average molecular weight is 378 g/mol. The van der Waals surface area contributed by atoms with Crippen LogP contribution in [0.25, 0.3) is 0 Å². The van der Waals surface area contributed by atoms with Gasteiger partial charge in [-0.2, -0.15) is 11.8 Å². The molecule has 1 atom stereocenters. The number of guanidine groups is 1. The van der Waals surface area contributed by atoms with Crippen LogP contribution in [0.4, 0.5) is 10.5 Å². The Kier molecular flexibility index (Phi) is 8.09. The number of anilines is 1. The number of aliphatic imine (C=N–C) groups is 1. The van der Waals surface area contributed by atoms with E-state index in [0.717, 1.165) is 36.1 Å². The van der Waals surface area contributed by atoms with Crippen molar-refractivity contribution in [2.45, 2.75) is 45.0 Å². The van der Waals surface area contributed by atoms with Crippen LogP contribution < -0.4 is 16.0 Å². The van der Waals surface area contributed by atoms with E-state index in [0.29, 0.717) is 11.8 Å². The zero-order valence-corrected chi connectivity index (χ0v) is 17.0. The fourth-order valence-electron chi connectivity index (χ4n) is 2.81. The van der Waals surface area contributed by atoms with Gasteiger partial charge in [-0.3, -0.25) is 4.99 Å². The van der Waals surface area contributed by atoms with E-state index in [-0.39, 0.29) is 12.1 Å². The first-order valence-corrected chi connectivity index (χ1v) is 10.3. The molecule has 2 rings (SSSR count). The number of nitrogens with zero attached hydrogens (tertiary/aromatic N) is 2. The summed E-state index contributed by atoms with van der Waals surface area (Å²) in [5, 5.41) is 9.79. The Labute approximate surface area is 161 Å². The van der Waals surface area contributed by atoms with Crippen molar-refractivity contribution in [3.8, 4) is 0 Å². The Morgan fingerprint density at radius 1 is 1.35 bits per heavy atom. The highest BCUT2D eigenvalue weighted by Crippen LogP contribution is 2.21. The van der Waals surface area contributed by atoms with Gasteiger partial charge in [0.15, 0.2) is 5.96 Å². The third kappa shape index (κ3) is 6.44. The van der Waals surface area contributed by atoms with Crippen molar-refractivity contribution >= 4 is 29.4 Å². The van der Waals surface area contributed by atoms with Gasteiger partial charge in [0.2, 0.25) is 0 Å².